The molecule has 0 atom stereocenters. The van der Waals surface area contributed by atoms with Crippen molar-refractivity contribution in [3.05, 3.63) is 46.7 Å². The number of nitrogens with zero attached hydrogens (tertiary/aromatic N) is 2. The van der Waals surface area contributed by atoms with E-state index in [1.807, 2.05) is 6.92 Å². The van der Waals surface area contributed by atoms with E-state index in [2.05, 4.69) is 14.7 Å². The maximum Gasteiger partial charge on any atom is 0.264 e. The van der Waals surface area contributed by atoms with Crippen LogP contribution in [0, 0.1) is 13.8 Å². The number of hydrogen-bond acceptors (Lipinski definition) is 4. The summed E-state index contributed by atoms with van der Waals surface area (Å²) in [5.41, 5.74) is 1.66. The van der Waals surface area contributed by atoms with Gasteiger partial charge in [-0.3, -0.25) is 0 Å². The minimum atomic E-state index is -3.71. The first kappa shape index (κ1) is 13.8. The van der Waals surface area contributed by atoms with Crippen LogP contribution < -0.4 is 4.72 Å². The Morgan fingerprint density at radius 2 is 1.95 bits per heavy atom. The number of sulfonamides is 1. The fourth-order valence-corrected chi connectivity index (χ4v) is 2.98. The van der Waals surface area contributed by atoms with Gasteiger partial charge in [0.2, 0.25) is 5.95 Å². The van der Waals surface area contributed by atoms with Crippen LogP contribution in [0.1, 0.15) is 11.1 Å². The summed E-state index contributed by atoms with van der Waals surface area (Å²) in [4.78, 5) is 7.80. The molecule has 1 N–H and O–H groups in total. The molecule has 0 fully saturated rings. The van der Waals surface area contributed by atoms with E-state index in [0.29, 0.717) is 5.56 Å². The molecule has 1 aromatic heterocycles. The molecular formula is C12H12ClN3O2S. The Labute approximate surface area is 116 Å². The van der Waals surface area contributed by atoms with Crippen LogP contribution in [0.4, 0.5) is 5.95 Å². The van der Waals surface area contributed by atoms with E-state index in [4.69, 9.17) is 11.6 Å². The molecule has 19 heavy (non-hydrogen) atoms. The SMILES string of the molecule is Cc1ccc(S(=O)(=O)Nc2nccc(Cl)n2)c(C)c1. The summed E-state index contributed by atoms with van der Waals surface area (Å²) in [5.74, 6) is -0.0486. The molecule has 0 radical (unpaired) electrons. The van der Waals surface area contributed by atoms with Crippen molar-refractivity contribution < 1.29 is 8.42 Å². The van der Waals surface area contributed by atoms with Crippen molar-refractivity contribution in [2.45, 2.75) is 18.7 Å². The lowest BCUT2D eigenvalue weighted by atomic mass is 10.2. The van der Waals surface area contributed by atoms with E-state index in [1.54, 1.807) is 25.1 Å². The molecule has 2 rings (SSSR count). The second kappa shape index (κ2) is 5.14. The molecule has 0 aliphatic rings. The fraction of sp³-hybridized carbons (Fsp3) is 0.167. The molecule has 0 aliphatic heterocycles. The number of hydrogen-bond donors (Lipinski definition) is 1. The Hall–Kier alpha value is -1.66. The lowest BCUT2D eigenvalue weighted by molar-refractivity contribution is 0.600. The van der Waals surface area contributed by atoms with Crippen molar-refractivity contribution in [2.75, 3.05) is 4.72 Å². The van der Waals surface area contributed by atoms with E-state index in [-0.39, 0.29) is 16.0 Å². The fourth-order valence-electron chi connectivity index (χ4n) is 1.66. The lowest BCUT2D eigenvalue weighted by Crippen LogP contribution is -2.16. The lowest BCUT2D eigenvalue weighted by Gasteiger charge is -2.09. The van der Waals surface area contributed by atoms with Crippen molar-refractivity contribution in [3.63, 3.8) is 0 Å². The third kappa shape index (κ3) is 3.21. The Morgan fingerprint density at radius 3 is 2.58 bits per heavy atom. The Balaban J connectivity index is 2.38. The predicted octanol–water partition coefficient (Wildman–Crippen LogP) is 2.55. The maximum absolute atomic E-state index is 12.2. The van der Waals surface area contributed by atoms with Crippen molar-refractivity contribution in [1.29, 1.82) is 0 Å². The zero-order chi connectivity index (χ0) is 14.0. The van der Waals surface area contributed by atoms with Crippen molar-refractivity contribution in [2.24, 2.45) is 0 Å². The second-order valence-electron chi connectivity index (χ2n) is 4.08. The molecule has 0 aliphatic carbocycles. The summed E-state index contributed by atoms with van der Waals surface area (Å²) in [6.07, 6.45) is 1.38. The molecular weight excluding hydrogens is 286 g/mol. The maximum atomic E-state index is 12.2. The van der Waals surface area contributed by atoms with Gasteiger partial charge in [0, 0.05) is 6.20 Å². The third-order valence-electron chi connectivity index (χ3n) is 2.47. The number of aryl methyl sites for hydroxylation is 2. The first-order valence-electron chi connectivity index (χ1n) is 5.47. The highest BCUT2D eigenvalue weighted by Gasteiger charge is 2.18. The van der Waals surface area contributed by atoms with E-state index in [1.165, 1.54) is 12.3 Å². The topological polar surface area (TPSA) is 72.0 Å². The minimum Gasteiger partial charge on any atom is -0.247 e. The largest absolute Gasteiger partial charge is 0.264 e. The van der Waals surface area contributed by atoms with Gasteiger partial charge in [0.25, 0.3) is 10.0 Å². The number of nitrogens with one attached hydrogen (secondary N) is 1. The monoisotopic (exact) mass is 297 g/mol. The van der Waals surface area contributed by atoms with Gasteiger partial charge in [-0.1, -0.05) is 29.3 Å². The van der Waals surface area contributed by atoms with Crippen LogP contribution in [0.25, 0.3) is 0 Å². The van der Waals surface area contributed by atoms with Gasteiger partial charge in [0.1, 0.15) is 5.15 Å². The number of halogens is 1. The average molecular weight is 298 g/mol. The minimum absolute atomic E-state index is 0.0486. The Bertz CT molecular complexity index is 717. The van der Waals surface area contributed by atoms with Crippen LogP contribution in [0.5, 0.6) is 0 Å². The van der Waals surface area contributed by atoms with Gasteiger partial charge in [-0.25, -0.2) is 23.1 Å². The highest BCUT2D eigenvalue weighted by Crippen LogP contribution is 2.19. The standard InChI is InChI=1S/C12H12ClN3O2S/c1-8-3-4-10(9(2)7-8)19(17,18)16-12-14-6-5-11(13)15-12/h3-7H,1-2H3,(H,14,15,16). The van der Waals surface area contributed by atoms with E-state index < -0.39 is 10.0 Å². The van der Waals surface area contributed by atoms with Gasteiger partial charge in [-0.05, 0) is 31.5 Å². The first-order chi connectivity index (χ1) is 8.88. The quantitative estimate of drug-likeness (QED) is 0.884. The summed E-state index contributed by atoms with van der Waals surface area (Å²) < 4.78 is 26.7. The van der Waals surface area contributed by atoms with Crippen molar-refractivity contribution in [1.82, 2.24) is 9.97 Å². The van der Waals surface area contributed by atoms with Gasteiger partial charge in [-0.2, -0.15) is 0 Å². The Kier molecular flexibility index (Phi) is 3.73. The smallest absolute Gasteiger partial charge is 0.247 e. The molecule has 1 aromatic carbocycles. The van der Waals surface area contributed by atoms with Gasteiger partial charge in [0.05, 0.1) is 4.90 Å². The van der Waals surface area contributed by atoms with Crippen LogP contribution in [0.3, 0.4) is 0 Å². The molecule has 0 bridgehead atoms. The highest BCUT2D eigenvalue weighted by molar-refractivity contribution is 7.92. The van der Waals surface area contributed by atoms with Crippen LogP contribution in [0.2, 0.25) is 5.15 Å². The van der Waals surface area contributed by atoms with Crippen LogP contribution in [-0.2, 0) is 10.0 Å². The molecule has 0 saturated heterocycles. The van der Waals surface area contributed by atoms with Crippen LogP contribution in [0.15, 0.2) is 35.4 Å². The van der Waals surface area contributed by atoms with Crippen LogP contribution >= 0.6 is 11.6 Å². The molecule has 7 heteroatoms. The van der Waals surface area contributed by atoms with E-state index in [0.717, 1.165) is 5.56 Å². The van der Waals surface area contributed by atoms with E-state index in [9.17, 15) is 8.42 Å². The summed E-state index contributed by atoms with van der Waals surface area (Å²) in [7, 11) is -3.71. The molecule has 5 nitrogen and oxygen atoms in total. The molecule has 0 spiro atoms. The zero-order valence-electron chi connectivity index (χ0n) is 10.4. The van der Waals surface area contributed by atoms with Gasteiger partial charge < -0.3 is 0 Å². The average Bonchev–Trinajstić information content (AvgIpc) is 2.27. The molecule has 0 saturated carbocycles. The second-order valence-corrected chi connectivity index (χ2v) is 6.12. The Morgan fingerprint density at radius 1 is 1.21 bits per heavy atom. The van der Waals surface area contributed by atoms with E-state index >= 15 is 0 Å². The summed E-state index contributed by atoms with van der Waals surface area (Å²) in [6, 6.07) is 6.56. The summed E-state index contributed by atoms with van der Waals surface area (Å²) in [6.45, 7) is 3.64. The number of benzene rings is 1. The number of rotatable bonds is 3. The molecule has 100 valence electrons. The number of anilines is 1. The van der Waals surface area contributed by atoms with Crippen LogP contribution in [-0.4, -0.2) is 18.4 Å². The molecule has 1 heterocycles. The van der Waals surface area contributed by atoms with Gasteiger partial charge in [-0.15, -0.1) is 0 Å². The van der Waals surface area contributed by atoms with Crippen molar-refractivity contribution in [3.8, 4) is 0 Å². The van der Waals surface area contributed by atoms with Crippen molar-refractivity contribution >= 4 is 27.6 Å². The predicted molar refractivity (Wildman–Crippen MR) is 73.8 cm³/mol. The van der Waals surface area contributed by atoms with Gasteiger partial charge >= 0.3 is 0 Å². The third-order valence-corrected chi connectivity index (χ3v) is 4.17. The molecule has 0 amide bonds. The molecule has 0 unspecified atom stereocenters. The number of aromatic nitrogens is 2. The van der Waals surface area contributed by atoms with Gasteiger partial charge in [0.15, 0.2) is 0 Å². The summed E-state index contributed by atoms with van der Waals surface area (Å²) >= 11 is 5.69. The molecule has 2 aromatic rings. The first-order valence-corrected chi connectivity index (χ1v) is 7.33. The highest BCUT2D eigenvalue weighted by atomic mass is 35.5. The normalized spacial score (nSPS) is 11.3. The summed E-state index contributed by atoms with van der Waals surface area (Å²) in [5, 5.41) is 0.174. The zero-order valence-corrected chi connectivity index (χ0v) is 12.0.